The topological polar surface area (TPSA) is 59.6 Å². The number of nitrogens with two attached hydrogens (primary N) is 1. The molecule has 0 aliphatic carbocycles. The Morgan fingerprint density at radius 1 is 0.912 bits per heavy atom. The van der Waals surface area contributed by atoms with Crippen LogP contribution < -0.4 is 15.8 Å². The predicted molar refractivity (Wildman–Crippen MR) is 147 cm³/mol. The van der Waals surface area contributed by atoms with Gasteiger partial charge in [0, 0.05) is 30.1 Å². The van der Waals surface area contributed by atoms with Crippen LogP contribution >= 0.6 is 0 Å². The van der Waals surface area contributed by atoms with E-state index < -0.39 is 0 Å². The number of ether oxygens (including phenoxy) is 1. The minimum atomic E-state index is 0.762. The molecule has 4 nitrogen and oxygen atoms in total. The summed E-state index contributed by atoms with van der Waals surface area (Å²) in [6.07, 6.45) is 6.40. The fraction of sp³-hybridized carbons (Fsp3) is 0.300. The zero-order valence-electron chi connectivity index (χ0n) is 21.1. The quantitative estimate of drug-likeness (QED) is 0.192. The lowest BCUT2D eigenvalue weighted by Gasteiger charge is -2.10. The van der Waals surface area contributed by atoms with Crippen LogP contribution in [-0.4, -0.2) is 12.8 Å². The SMILES string of the molecule is CCCC(C)=Nc1c(C)cc(N)cc1/C=C/c1cc(CNCc2ccc(OC)cc2)ccc1C. The lowest BCUT2D eigenvalue weighted by molar-refractivity contribution is 0.414. The fourth-order valence-electron chi connectivity index (χ4n) is 3.98. The second kappa shape index (κ2) is 12.2. The van der Waals surface area contributed by atoms with Gasteiger partial charge in [-0.15, -0.1) is 0 Å². The summed E-state index contributed by atoms with van der Waals surface area (Å²) in [7, 11) is 1.69. The Balaban J connectivity index is 1.76. The summed E-state index contributed by atoms with van der Waals surface area (Å²) in [4.78, 5) is 4.91. The average molecular weight is 456 g/mol. The minimum absolute atomic E-state index is 0.762. The van der Waals surface area contributed by atoms with Crippen LogP contribution in [0, 0.1) is 13.8 Å². The fourth-order valence-corrected chi connectivity index (χ4v) is 3.98. The zero-order chi connectivity index (χ0) is 24.5. The summed E-state index contributed by atoms with van der Waals surface area (Å²) >= 11 is 0. The maximum Gasteiger partial charge on any atom is 0.118 e. The molecule has 178 valence electrons. The summed E-state index contributed by atoms with van der Waals surface area (Å²) in [6, 6.07) is 18.8. The van der Waals surface area contributed by atoms with Gasteiger partial charge in [0.25, 0.3) is 0 Å². The third kappa shape index (κ3) is 7.06. The molecule has 3 rings (SSSR count). The highest BCUT2D eigenvalue weighted by molar-refractivity contribution is 5.88. The van der Waals surface area contributed by atoms with E-state index in [1.54, 1.807) is 7.11 Å². The molecule has 0 aromatic heterocycles. The molecule has 0 aliphatic heterocycles. The maximum absolute atomic E-state index is 6.16. The molecule has 3 aromatic carbocycles. The van der Waals surface area contributed by atoms with Crippen molar-refractivity contribution in [1.82, 2.24) is 5.32 Å². The van der Waals surface area contributed by atoms with Crippen molar-refractivity contribution in [3.8, 4) is 5.75 Å². The number of benzene rings is 3. The van der Waals surface area contributed by atoms with E-state index in [4.69, 9.17) is 15.5 Å². The van der Waals surface area contributed by atoms with Crippen molar-refractivity contribution in [2.24, 2.45) is 4.99 Å². The predicted octanol–water partition coefficient (Wildman–Crippen LogP) is 7.25. The van der Waals surface area contributed by atoms with Gasteiger partial charge in [-0.25, -0.2) is 0 Å². The third-order valence-electron chi connectivity index (χ3n) is 5.87. The average Bonchev–Trinajstić information content (AvgIpc) is 2.82. The summed E-state index contributed by atoms with van der Waals surface area (Å²) in [5.41, 5.74) is 16.1. The Kier molecular flexibility index (Phi) is 9.06. The van der Waals surface area contributed by atoms with Gasteiger partial charge >= 0.3 is 0 Å². The van der Waals surface area contributed by atoms with Crippen molar-refractivity contribution in [2.75, 3.05) is 12.8 Å². The standard InChI is InChI=1S/C30H37N3O/c1-6-7-23(4)33-30-22(3)16-28(31)18-27(30)13-12-26-17-25(9-8-21(26)2)20-32-19-24-10-14-29(34-5)15-11-24/h8-18,32H,6-7,19-20,31H2,1-5H3/b13-12+,33-23?. The van der Waals surface area contributed by atoms with Crippen molar-refractivity contribution in [1.29, 1.82) is 0 Å². The van der Waals surface area contributed by atoms with Crippen LogP contribution in [0.3, 0.4) is 0 Å². The number of nitrogens with zero attached hydrogens (tertiary/aromatic N) is 1. The molecule has 3 N–H and O–H groups in total. The number of nitrogen functional groups attached to an aromatic ring is 1. The molecule has 0 atom stereocenters. The zero-order valence-corrected chi connectivity index (χ0v) is 21.1. The van der Waals surface area contributed by atoms with Crippen LogP contribution in [0.25, 0.3) is 12.2 Å². The number of methoxy groups -OCH3 is 1. The number of hydrogen-bond donors (Lipinski definition) is 2. The van der Waals surface area contributed by atoms with Crippen LogP contribution in [-0.2, 0) is 13.1 Å². The van der Waals surface area contributed by atoms with Crippen LogP contribution in [0.5, 0.6) is 5.75 Å². The molecule has 4 heteroatoms. The number of rotatable bonds is 10. The molecule has 3 aromatic rings. The minimum Gasteiger partial charge on any atom is -0.497 e. The second-order valence-corrected chi connectivity index (χ2v) is 8.85. The molecule has 0 bridgehead atoms. The molecule has 0 aliphatic rings. The van der Waals surface area contributed by atoms with E-state index >= 15 is 0 Å². The Bertz CT molecular complexity index is 1160. The van der Waals surface area contributed by atoms with E-state index in [1.165, 1.54) is 22.3 Å². The molecule has 0 saturated heterocycles. The van der Waals surface area contributed by atoms with E-state index in [0.29, 0.717) is 0 Å². The summed E-state index contributed by atoms with van der Waals surface area (Å²) in [5.74, 6) is 0.878. The van der Waals surface area contributed by atoms with Gasteiger partial charge in [-0.05, 0) is 79.3 Å². The first-order chi connectivity index (χ1) is 16.4. The highest BCUT2D eigenvalue weighted by Gasteiger charge is 2.06. The molecule has 0 saturated carbocycles. The first-order valence-electron chi connectivity index (χ1n) is 11.9. The molecular formula is C30H37N3O. The van der Waals surface area contributed by atoms with Crippen molar-refractivity contribution >= 4 is 29.2 Å². The number of nitrogens with one attached hydrogen (secondary N) is 1. The largest absolute Gasteiger partial charge is 0.497 e. The number of aliphatic imine (C=N–C) groups is 1. The van der Waals surface area contributed by atoms with E-state index in [-0.39, 0.29) is 0 Å². The smallest absolute Gasteiger partial charge is 0.118 e. The number of hydrogen-bond acceptors (Lipinski definition) is 4. The summed E-state index contributed by atoms with van der Waals surface area (Å²) < 4.78 is 5.23. The highest BCUT2D eigenvalue weighted by atomic mass is 16.5. The normalized spacial score (nSPS) is 11.9. The molecule has 0 radical (unpaired) electrons. The van der Waals surface area contributed by atoms with Crippen LogP contribution in [0.15, 0.2) is 59.6 Å². The van der Waals surface area contributed by atoms with Crippen LogP contribution in [0.4, 0.5) is 11.4 Å². The first-order valence-corrected chi connectivity index (χ1v) is 11.9. The number of aryl methyl sites for hydroxylation is 2. The lowest BCUT2D eigenvalue weighted by Crippen LogP contribution is -2.12. The Morgan fingerprint density at radius 2 is 1.59 bits per heavy atom. The molecular weight excluding hydrogens is 418 g/mol. The Labute approximate surface area is 204 Å². The molecule has 0 spiro atoms. The maximum atomic E-state index is 6.16. The van der Waals surface area contributed by atoms with E-state index in [9.17, 15) is 0 Å². The van der Waals surface area contributed by atoms with E-state index in [0.717, 1.165) is 59.9 Å². The highest BCUT2D eigenvalue weighted by Crippen LogP contribution is 2.30. The molecule has 0 amide bonds. The molecule has 34 heavy (non-hydrogen) atoms. The van der Waals surface area contributed by atoms with Gasteiger partial charge in [0.2, 0.25) is 0 Å². The molecule has 0 fully saturated rings. The van der Waals surface area contributed by atoms with E-state index in [1.807, 2.05) is 24.3 Å². The van der Waals surface area contributed by atoms with Gasteiger partial charge < -0.3 is 15.8 Å². The first kappa shape index (κ1) is 25.3. The lowest BCUT2D eigenvalue weighted by atomic mass is 10.0. The monoisotopic (exact) mass is 455 g/mol. The van der Waals surface area contributed by atoms with Crippen LogP contribution in [0.1, 0.15) is 60.1 Å². The van der Waals surface area contributed by atoms with Gasteiger partial charge in [0.1, 0.15) is 5.75 Å². The van der Waals surface area contributed by atoms with Crippen molar-refractivity contribution < 1.29 is 4.74 Å². The van der Waals surface area contributed by atoms with E-state index in [2.05, 4.69) is 75.5 Å². The number of anilines is 1. The summed E-state index contributed by atoms with van der Waals surface area (Å²) in [6.45, 7) is 10.1. The van der Waals surface area contributed by atoms with Gasteiger partial charge in [-0.2, -0.15) is 0 Å². The molecule has 0 unspecified atom stereocenters. The van der Waals surface area contributed by atoms with Crippen molar-refractivity contribution in [3.05, 3.63) is 88.0 Å². The second-order valence-electron chi connectivity index (χ2n) is 8.85. The van der Waals surface area contributed by atoms with Gasteiger partial charge in [-0.1, -0.05) is 55.8 Å². The Morgan fingerprint density at radius 3 is 2.29 bits per heavy atom. The van der Waals surface area contributed by atoms with Crippen LogP contribution in [0.2, 0.25) is 0 Å². The van der Waals surface area contributed by atoms with Gasteiger partial charge in [-0.3, -0.25) is 4.99 Å². The Hall–Kier alpha value is -3.37. The van der Waals surface area contributed by atoms with Gasteiger partial charge in [0.15, 0.2) is 0 Å². The van der Waals surface area contributed by atoms with Gasteiger partial charge in [0.05, 0.1) is 12.8 Å². The van der Waals surface area contributed by atoms with Crippen molar-refractivity contribution in [2.45, 2.75) is 53.6 Å². The third-order valence-corrected chi connectivity index (χ3v) is 5.87. The molecule has 0 heterocycles. The van der Waals surface area contributed by atoms with Crippen molar-refractivity contribution in [3.63, 3.8) is 0 Å². The summed E-state index contributed by atoms with van der Waals surface area (Å²) in [5, 5.41) is 3.53.